The third-order valence-corrected chi connectivity index (χ3v) is 4.63. The summed E-state index contributed by atoms with van der Waals surface area (Å²) in [5.74, 6) is -0.893. The van der Waals surface area contributed by atoms with E-state index in [0.717, 1.165) is 0 Å². The molecule has 2 N–H and O–H groups in total. The Morgan fingerprint density at radius 2 is 1.90 bits per heavy atom. The van der Waals surface area contributed by atoms with Crippen LogP contribution < -0.4 is 5.32 Å². The highest BCUT2D eigenvalue weighted by Gasteiger charge is 2.43. The molecule has 0 amide bonds. The molecular formula is C21H26F3N3O4. The Bertz CT molecular complexity index is 860. The molecule has 2 atom stereocenters. The quantitative estimate of drug-likeness (QED) is 0.508. The fraction of sp³-hybridized carbons (Fsp3) is 0.476. The van der Waals surface area contributed by atoms with Crippen molar-refractivity contribution in [3.8, 4) is 0 Å². The number of hydrogen-bond acceptors (Lipinski definition) is 6. The van der Waals surface area contributed by atoms with Gasteiger partial charge in [0, 0.05) is 25.0 Å². The summed E-state index contributed by atoms with van der Waals surface area (Å²) in [6, 6.07) is 4.39. The maximum atomic E-state index is 13.7. The van der Waals surface area contributed by atoms with E-state index in [-0.39, 0.29) is 36.8 Å². The number of rotatable bonds is 11. The lowest BCUT2D eigenvalue weighted by molar-refractivity contribution is -0.222. The number of aliphatic carboxylic acids is 1. The van der Waals surface area contributed by atoms with Gasteiger partial charge < -0.3 is 19.9 Å². The lowest BCUT2D eigenvalue weighted by Gasteiger charge is -2.25. The molecular weight excluding hydrogens is 415 g/mol. The maximum Gasteiger partial charge on any atom is 0.418 e. The predicted molar refractivity (Wildman–Crippen MR) is 108 cm³/mol. The summed E-state index contributed by atoms with van der Waals surface area (Å²) >= 11 is 0. The molecule has 1 aromatic carbocycles. The summed E-state index contributed by atoms with van der Waals surface area (Å²) in [5, 5.41) is 12.1. The monoisotopic (exact) mass is 441 g/mol. The number of carbonyl (C=O) groups is 1. The highest BCUT2D eigenvalue weighted by atomic mass is 19.4. The highest BCUT2D eigenvalue weighted by Crippen LogP contribution is 2.41. The Hall–Kier alpha value is -2.72. The van der Waals surface area contributed by atoms with Crippen molar-refractivity contribution >= 4 is 17.3 Å². The summed E-state index contributed by atoms with van der Waals surface area (Å²) in [4.78, 5) is 19.4. The zero-order valence-electron chi connectivity index (χ0n) is 17.6. The van der Waals surface area contributed by atoms with Gasteiger partial charge in [-0.25, -0.2) is 9.97 Å². The smallest absolute Gasteiger partial charge is 0.418 e. The summed E-state index contributed by atoms with van der Waals surface area (Å²) < 4.78 is 51.0. The Morgan fingerprint density at radius 3 is 2.42 bits per heavy atom. The first-order chi connectivity index (χ1) is 14.7. The highest BCUT2D eigenvalue weighted by molar-refractivity contribution is 5.69. The van der Waals surface area contributed by atoms with Gasteiger partial charge in [-0.1, -0.05) is 19.1 Å². The van der Waals surface area contributed by atoms with E-state index in [4.69, 9.17) is 14.6 Å². The molecule has 2 aromatic rings. The molecule has 0 saturated carbocycles. The first-order valence-electron chi connectivity index (χ1n) is 9.80. The van der Waals surface area contributed by atoms with Gasteiger partial charge in [0.05, 0.1) is 24.5 Å². The number of aromatic nitrogens is 2. The second kappa shape index (κ2) is 11.1. The molecule has 1 heterocycles. The fourth-order valence-electron chi connectivity index (χ4n) is 3.18. The largest absolute Gasteiger partial charge is 0.481 e. The molecule has 0 fully saturated rings. The van der Waals surface area contributed by atoms with Gasteiger partial charge in [0.15, 0.2) is 11.9 Å². The van der Waals surface area contributed by atoms with E-state index in [1.807, 2.05) is 6.92 Å². The van der Waals surface area contributed by atoms with Crippen molar-refractivity contribution in [3.05, 3.63) is 47.5 Å². The van der Waals surface area contributed by atoms with Crippen molar-refractivity contribution in [1.29, 1.82) is 0 Å². The van der Waals surface area contributed by atoms with E-state index in [9.17, 15) is 18.0 Å². The molecule has 0 aliphatic rings. The molecule has 170 valence electrons. The second-order valence-electron chi connectivity index (χ2n) is 6.87. The van der Waals surface area contributed by atoms with Crippen molar-refractivity contribution in [2.45, 2.75) is 51.5 Å². The zero-order chi connectivity index (χ0) is 23.0. The number of benzene rings is 1. The van der Waals surface area contributed by atoms with Gasteiger partial charge in [0.1, 0.15) is 6.61 Å². The maximum absolute atomic E-state index is 13.7. The van der Waals surface area contributed by atoms with E-state index >= 15 is 0 Å². The molecule has 0 bridgehead atoms. The molecule has 7 nitrogen and oxygen atoms in total. The Labute approximate surface area is 178 Å². The third-order valence-electron chi connectivity index (χ3n) is 4.63. The minimum atomic E-state index is -4.63. The average molecular weight is 441 g/mol. The number of anilines is 2. The lowest BCUT2D eigenvalue weighted by Crippen LogP contribution is -2.24. The number of ether oxygens (including phenoxy) is 2. The number of halogens is 3. The van der Waals surface area contributed by atoms with Crippen molar-refractivity contribution in [2.75, 3.05) is 19.0 Å². The molecule has 2 rings (SSSR count). The number of nitrogens with one attached hydrogen (secondary N) is 1. The van der Waals surface area contributed by atoms with Gasteiger partial charge in [-0.3, -0.25) is 4.79 Å². The van der Waals surface area contributed by atoms with E-state index in [1.165, 1.54) is 44.6 Å². The van der Waals surface area contributed by atoms with Crippen LogP contribution >= 0.6 is 0 Å². The summed E-state index contributed by atoms with van der Waals surface area (Å²) in [6.45, 7) is 3.39. The fourth-order valence-corrected chi connectivity index (χ4v) is 3.18. The Morgan fingerprint density at radius 1 is 1.23 bits per heavy atom. The second-order valence-corrected chi connectivity index (χ2v) is 6.87. The average Bonchev–Trinajstić information content (AvgIpc) is 2.71. The number of methoxy groups -OCH3 is 1. The van der Waals surface area contributed by atoms with Gasteiger partial charge in [0.25, 0.3) is 0 Å². The van der Waals surface area contributed by atoms with Gasteiger partial charge in [0.2, 0.25) is 0 Å². The van der Waals surface area contributed by atoms with Crippen LogP contribution in [0.4, 0.5) is 24.5 Å². The predicted octanol–water partition coefficient (Wildman–Crippen LogP) is 4.97. The zero-order valence-corrected chi connectivity index (χ0v) is 17.6. The first-order valence-corrected chi connectivity index (χ1v) is 9.80. The SMILES string of the molecule is CCO[C@@H](c1ccc([C@H](CC)CC(=O)O)cc1Nc1cnc(COC)nc1)C(F)(F)F. The van der Waals surface area contributed by atoms with Crippen LogP contribution in [0.1, 0.15) is 55.7 Å². The molecule has 0 aliphatic carbocycles. The summed E-state index contributed by atoms with van der Waals surface area (Å²) in [6.07, 6.45) is -3.49. The van der Waals surface area contributed by atoms with E-state index in [0.29, 0.717) is 23.5 Å². The van der Waals surface area contributed by atoms with Crippen molar-refractivity contribution in [1.82, 2.24) is 9.97 Å². The number of carboxylic acid groups (broad SMARTS) is 1. The van der Waals surface area contributed by atoms with Gasteiger partial charge >= 0.3 is 12.1 Å². The summed E-state index contributed by atoms with van der Waals surface area (Å²) in [7, 11) is 1.50. The number of nitrogens with zero attached hydrogens (tertiary/aromatic N) is 2. The van der Waals surface area contributed by atoms with Gasteiger partial charge in [-0.15, -0.1) is 0 Å². The van der Waals surface area contributed by atoms with Crippen LogP contribution in [0, 0.1) is 0 Å². The lowest BCUT2D eigenvalue weighted by atomic mass is 9.91. The normalized spacial score (nSPS) is 13.6. The van der Waals surface area contributed by atoms with Crippen LogP contribution in [0.15, 0.2) is 30.6 Å². The topological polar surface area (TPSA) is 93.6 Å². The van der Waals surface area contributed by atoms with Crippen LogP contribution in [-0.2, 0) is 20.9 Å². The van der Waals surface area contributed by atoms with Crippen LogP contribution in [0.5, 0.6) is 0 Å². The Kier molecular flexibility index (Phi) is 8.76. The van der Waals surface area contributed by atoms with E-state index < -0.39 is 18.2 Å². The number of carboxylic acids is 1. The molecule has 0 unspecified atom stereocenters. The summed E-state index contributed by atoms with van der Waals surface area (Å²) in [5.41, 5.74) is 1.04. The molecule has 0 spiro atoms. The van der Waals surface area contributed by atoms with E-state index in [1.54, 1.807) is 0 Å². The van der Waals surface area contributed by atoms with Crippen LogP contribution in [0.25, 0.3) is 0 Å². The molecule has 1 aromatic heterocycles. The standard InChI is InChI=1S/C21H26F3N3O4/c1-4-13(9-19(28)29)14-6-7-16(20(31-5-2)21(22,23)24)17(8-14)27-15-10-25-18(12-30-3)26-11-15/h6-8,10-11,13,20,27H,4-5,9,12H2,1-3H3,(H,28,29)/t13-,20+/m1/s1. The molecule has 0 saturated heterocycles. The van der Waals surface area contributed by atoms with Gasteiger partial charge in [-0.2, -0.15) is 13.2 Å². The number of hydrogen-bond donors (Lipinski definition) is 2. The van der Waals surface area contributed by atoms with E-state index in [2.05, 4.69) is 15.3 Å². The minimum Gasteiger partial charge on any atom is -0.481 e. The molecule has 10 heteroatoms. The first kappa shape index (κ1) is 24.5. The van der Waals surface area contributed by atoms with Crippen molar-refractivity contribution < 1.29 is 32.5 Å². The van der Waals surface area contributed by atoms with Crippen LogP contribution in [0.3, 0.4) is 0 Å². The number of alkyl halides is 3. The van der Waals surface area contributed by atoms with Crippen molar-refractivity contribution in [3.63, 3.8) is 0 Å². The Balaban J connectivity index is 2.49. The van der Waals surface area contributed by atoms with Crippen LogP contribution in [0.2, 0.25) is 0 Å². The molecule has 0 aliphatic heterocycles. The molecule has 0 radical (unpaired) electrons. The molecule has 31 heavy (non-hydrogen) atoms. The van der Waals surface area contributed by atoms with Gasteiger partial charge in [-0.05, 0) is 30.9 Å². The minimum absolute atomic E-state index is 0.107. The van der Waals surface area contributed by atoms with Crippen molar-refractivity contribution in [2.24, 2.45) is 0 Å². The third kappa shape index (κ3) is 6.90. The van der Waals surface area contributed by atoms with Crippen LogP contribution in [-0.4, -0.2) is 40.9 Å².